The summed E-state index contributed by atoms with van der Waals surface area (Å²) in [6.45, 7) is 0. The number of hydrogen-bond acceptors (Lipinski definition) is 2. The molecular weight excluding hydrogens is 304 g/mol. The first kappa shape index (κ1) is 16.7. The highest BCUT2D eigenvalue weighted by atomic mass is 15.4. The first-order chi connectivity index (χ1) is 12.3. The van der Waals surface area contributed by atoms with E-state index >= 15 is 0 Å². The van der Waals surface area contributed by atoms with Crippen LogP contribution in [0.1, 0.15) is 16.7 Å². The summed E-state index contributed by atoms with van der Waals surface area (Å²) in [5.74, 6) is 0. The molecule has 0 aliphatic carbocycles. The standard InChI is InChI=1S/C23H22N2/c1-25(2)24-18-22(19-12-6-3-7-13-19)23(20-14-8-4-9-15-20)21-16-10-5-11-17-21/h3-18H,1-2H3/b24-18+. The average molecular weight is 326 g/mol. The molecule has 0 aliphatic heterocycles. The van der Waals surface area contributed by atoms with E-state index in [0.717, 1.165) is 11.1 Å². The van der Waals surface area contributed by atoms with Gasteiger partial charge in [-0.3, -0.25) is 0 Å². The molecule has 0 fully saturated rings. The zero-order valence-electron chi connectivity index (χ0n) is 14.6. The van der Waals surface area contributed by atoms with Gasteiger partial charge in [-0.05, 0) is 22.3 Å². The fourth-order valence-electron chi connectivity index (χ4n) is 2.76. The van der Waals surface area contributed by atoms with Gasteiger partial charge in [-0.1, -0.05) is 91.0 Å². The molecule has 2 heteroatoms. The quantitative estimate of drug-likeness (QED) is 0.358. The highest BCUT2D eigenvalue weighted by Gasteiger charge is 2.12. The van der Waals surface area contributed by atoms with E-state index in [-0.39, 0.29) is 0 Å². The van der Waals surface area contributed by atoms with Crippen molar-refractivity contribution in [3.05, 3.63) is 108 Å². The van der Waals surface area contributed by atoms with Gasteiger partial charge in [-0.25, -0.2) is 0 Å². The SMILES string of the molecule is CN(C)/N=C/C(=C(c1ccccc1)c1ccccc1)c1ccccc1. The van der Waals surface area contributed by atoms with Gasteiger partial charge < -0.3 is 5.01 Å². The number of hydrogen-bond donors (Lipinski definition) is 0. The van der Waals surface area contributed by atoms with E-state index in [0.29, 0.717) is 0 Å². The summed E-state index contributed by atoms with van der Waals surface area (Å²) in [6.07, 6.45) is 1.95. The van der Waals surface area contributed by atoms with Gasteiger partial charge in [0.15, 0.2) is 0 Å². The molecule has 0 aliphatic rings. The first-order valence-corrected chi connectivity index (χ1v) is 8.37. The van der Waals surface area contributed by atoms with Crippen molar-refractivity contribution in [2.75, 3.05) is 14.1 Å². The van der Waals surface area contributed by atoms with Gasteiger partial charge in [0.05, 0.1) is 6.21 Å². The van der Waals surface area contributed by atoms with Crippen molar-refractivity contribution in [1.82, 2.24) is 5.01 Å². The second kappa shape index (κ2) is 8.11. The lowest BCUT2D eigenvalue weighted by Gasteiger charge is -2.15. The van der Waals surface area contributed by atoms with Crippen molar-refractivity contribution >= 4 is 17.4 Å². The lowest BCUT2D eigenvalue weighted by molar-refractivity contribution is 0.441. The third-order valence-corrected chi connectivity index (χ3v) is 3.90. The van der Waals surface area contributed by atoms with Crippen molar-refractivity contribution < 1.29 is 0 Å². The second-order valence-electron chi connectivity index (χ2n) is 5.98. The molecule has 0 amide bonds. The molecule has 0 atom stereocenters. The molecule has 0 heterocycles. The van der Waals surface area contributed by atoms with Gasteiger partial charge in [0.2, 0.25) is 0 Å². The summed E-state index contributed by atoms with van der Waals surface area (Å²) in [6, 6.07) is 31.4. The molecule has 0 aromatic heterocycles. The Morgan fingerprint density at radius 3 is 1.44 bits per heavy atom. The average Bonchev–Trinajstić information content (AvgIpc) is 2.67. The van der Waals surface area contributed by atoms with Gasteiger partial charge in [-0.2, -0.15) is 5.10 Å². The molecule has 0 bridgehead atoms. The first-order valence-electron chi connectivity index (χ1n) is 8.37. The Morgan fingerprint density at radius 1 is 0.640 bits per heavy atom. The molecule has 2 nitrogen and oxygen atoms in total. The maximum absolute atomic E-state index is 4.52. The smallest absolute Gasteiger partial charge is 0.0555 e. The van der Waals surface area contributed by atoms with Crippen molar-refractivity contribution in [3.8, 4) is 0 Å². The van der Waals surface area contributed by atoms with Crippen molar-refractivity contribution in [2.24, 2.45) is 5.10 Å². The highest BCUT2D eigenvalue weighted by molar-refractivity contribution is 6.22. The van der Waals surface area contributed by atoms with E-state index in [1.165, 1.54) is 16.7 Å². The third-order valence-electron chi connectivity index (χ3n) is 3.90. The minimum Gasteiger partial charge on any atom is -0.303 e. The lowest BCUT2D eigenvalue weighted by Crippen LogP contribution is -2.04. The van der Waals surface area contributed by atoms with Crippen molar-refractivity contribution in [2.45, 2.75) is 0 Å². The van der Waals surface area contributed by atoms with Crippen LogP contribution in [0.5, 0.6) is 0 Å². The van der Waals surface area contributed by atoms with E-state index in [4.69, 9.17) is 0 Å². The highest BCUT2D eigenvalue weighted by Crippen LogP contribution is 2.31. The largest absolute Gasteiger partial charge is 0.303 e. The molecular formula is C23H22N2. The van der Waals surface area contributed by atoms with Gasteiger partial charge in [0, 0.05) is 19.7 Å². The van der Waals surface area contributed by atoms with Crippen LogP contribution in [0.25, 0.3) is 11.1 Å². The molecule has 0 N–H and O–H groups in total. The Kier molecular flexibility index (Phi) is 5.43. The molecule has 124 valence electrons. The number of hydrazone groups is 1. The molecule has 3 rings (SSSR count). The molecule has 25 heavy (non-hydrogen) atoms. The molecule has 0 radical (unpaired) electrons. The molecule has 3 aromatic rings. The monoisotopic (exact) mass is 326 g/mol. The van der Waals surface area contributed by atoms with Crippen LogP contribution < -0.4 is 0 Å². The van der Waals surface area contributed by atoms with Crippen LogP contribution in [0, 0.1) is 0 Å². The predicted molar refractivity (Wildman–Crippen MR) is 107 cm³/mol. The summed E-state index contributed by atoms with van der Waals surface area (Å²) < 4.78 is 0. The maximum atomic E-state index is 4.52. The van der Waals surface area contributed by atoms with E-state index < -0.39 is 0 Å². The zero-order valence-corrected chi connectivity index (χ0v) is 14.6. The van der Waals surface area contributed by atoms with Crippen molar-refractivity contribution in [1.29, 1.82) is 0 Å². The Labute approximate surface area is 149 Å². The fraction of sp³-hybridized carbons (Fsp3) is 0.0870. The van der Waals surface area contributed by atoms with Crippen molar-refractivity contribution in [3.63, 3.8) is 0 Å². The predicted octanol–water partition coefficient (Wildman–Crippen LogP) is 5.19. The summed E-state index contributed by atoms with van der Waals surface area (Å²) in [7, 11) is 3.87. The van der Waals surface area contributed by atoms with Crippen LogP contribution >= 0.6 is 0 Å². The van der Waals surface area contributed by atoms with Crippen LogP contribution in [0.4, 0.5) is 0 Å². The third kappa shape index (κ3) is 4.24. The number of allylic oxidation sites excluding steroid dienone is 1. The van der Waals surface area contributed by atoms with Crippen LogP contribution in [-0.2, 0) is 0 Å². The molecule has 0 spiro atoms. The Hall–Kier alpha value is -3.13. The summed E-state index contributed by atoms with van der Waals surface area (Å²) in [5, 5.41) is 6.34. The second-order valence-corrected chi connectivity index (χ2v) is 5.98. The topological polar surface area (TPSA) is 15.6 Å². The minimum atomic E-state index is 1.10. The van der Waals surface area contributed by atoms with E-state index in [1.807, 2.05) is 43.5 Å². The molecule has 0 saturated heterocycles. The molecule has 3 aromatic carbocycles. The van der Waals surface area contributed by atoms with Crippen LogP contribution in [0.15, 0.2) is 96.1 Å². The van der Waals surface area contributed by atoms with Crippen LogP contribution in [0.3, 0.4) is 0 Å². The number of rotatable bonds is 5. The summed E-state index contributed by atoms with van der Waals surface area (Å²) in [5.41, 5.74) is 5.79. The minimum absolute atomic E-state index is 1.10. The Morgan fingerprint density at radius 2 is 1.04 bits per heavy atom. The number of benzene rings is 3. The lowest BCUT2D eigenvalue weighted by atomic mass is 9.90. The zero-order chi connectivity index (χ0) is 17.5. The van der Waals surface area contributed by atoms with E-state index in [9.17, 15) is 0 Å². The number of nitrogens with zero attached hydrogens (tertiary/aromatic N) is 2. The van der Waals surface area contributed by atoms with E-state index in [1.54, 1.807) is 0 Å². The molecule has 0 saturated carbocycles. The Balaban J connectivity index is 2.30. The normalized spacial score (nSPS) is 10.6. The molecule has 0 unspecified atom stereocenters. The van der Waals surface area contributed by atoms with Crippen LogP contribution in [0.2, 0.25) is 0 Å². The Bertz CT molecular complexity index is 807. The van der Waals surface area contributed by atoms with Crippen LogP contribution in [-0.4, -0.2) is 25.3 Å². The summed E-state index contributed by atoms with van der Waals surface area (Å²) >= 11 is 0. The van der Waals surface area contributed by atoms with E-state index in [2.05, 4.69) is 77.9 Å². The van der Waals surface area contributed by atoms with Gasteiger partial charge in [-0.15, -0.1) is 0 Å². The van der Waals surface area contributed by atoms with Gasteiger partial charge in [0.25, 0.3) is 0 Å². The summed E-state index contributed by atoms with van der Waals surface area (Å²) in [4.78, 5) is 0. The maximum Gasteiger partial charge on any atom is 0.0555 e. The van der Waals surface area contributed by atoms with Gasteiger partial charge in [0.1, 0.15) is 0 Å². The fourth-order valence-corrected chi connectivity index (χ4v) is 2.76. The van der Waals surface area contributed by atoms with Gasteiger partial charge >= 0.3 is 0 Å².